The molecule has 590 valence electrons. The number of unbranched alkanes of at least 4 members (excludes halogenated alkanes) is 9. The number of phenolic OH excluding ortho intramolecular Hbond substituents is 1. The summed E-state index contributed by atoms with van der Waals surface area (Å²) in [6.45, 7) is 0.727. The quantitative estimate of drug-likeness (QED) is 0.0270. The Balaban J connectivity index is 1.34. The topological polar surface area (TPSA) is 604 Å². The van der Waals surface area contributed by atoms with Gasteiger partial charge in [0, 0.05) is 60.2 Å². The summed E-state index contributed by atoms with van der Waals surface area (Å²) in [5.41, 5.74) is 6.74. The summed E-state index contributed by atoms with van der Waals surface area (Å²) in [6, 6.07) is -2.66. The van der Waals surface area contributed by atoms with Crippen LogP contribution in [0.5, 0.6) is 5.75 Å². The van der Waals surface area contributed by atoms with Crippen LogP contribution in [0.2, 0.25) is 0 Å². The number of hydrogen-bond donors (Lipinski definition) is 22. The molecule has 0 aromatic heterocycles. The maximum atomic E-state index is 14.3. The van der Waals surface area contributed by atoms with Gasteiger partial charge in [0.05, 0.1) is 58.3 Å². The first-order valence-electron chi connectivity index (χ1n) is 34.9. The van der Waals surface area contributed by atoms with Gasteiger partial charge in [-0.1, -0.05) is 50.7 Å². The number of nitrogens with one attached hydrogen (secondary N) is 11. The molecule has 3 fully saturated rings. The van der Waals surface area contributed by atoms with Crippen molar-refractivity contribution in [3.8, 4) is 5.75 Å². The van der Waals surface area contributed by atoms with Crippen LogP contribution in [0.3, 0.4) is 0 Å². The highest BCUT2D eigenvalue weighted by molar-refractivity contribution is 5.98. The van der Waals surface area contributed by atoms with Gasteiger partial charge in [0.25, 0.3) is 0 Å². The normalized spacial score (nSPS) is 25.3. The molecule has 104 heavy (non-hydrogen) atoms. The van der Waals surface area contributed by atoms with E-state index in [9.17, 15) is 104 Å². The number of rotatable bonds is 47. The number of benzene rings is 1. The van der Waals surface area contributed by atoms with Crippen molar-refractivity contribution in [1.29, 1.82) is 0 Å². The first kappa shape index (κ1) is 88.9. The van der Waals surface area contributed by atoms with Gasteiger partial charge in [0.15, 0.2) is 18.9 Å². The zero-order chi connectivity index (χ0) is 76.8. The van der Waals surface area contributed by atoms with Crippen LogP contribution in [0.1, 0.15) is 116 Å². The Bertz CT molecular complexity index is 2860. The molecular weight excluding hydrogens is 1380 g/mol. The predicted octanol–water partition coefficient (Wildman–Crippen LogP) is -8.73. The SMILES string of the molecule is CC(=O)N[C@@H]1C(OCCCCCCNC(=O)CNC(=O)C[C@H](NC(=O)[C@H](CC(=O)NCC(=O)NCCCCCCOC2O[C@@H](CO)[C@@H](O)[C@@H](O)[C@@H]2NC(C)=O)NC(=O)[C@@H](N)Cc2ccc(O)cc2)C(=O)NCC(=O)NCCCCCCOC2O[C@@H](CO)[C@@H](O)[C@@H](O)[C@@H]2NC(C)=O)O[C@@H](CO)[C@@H](O)[C@H]1O. The van der Waals surface area contributed by atoms with Gasteiger partial charge in [-0.05, 0) is 62.6 Å². The van der Waals surface area contributed by atoms with Crippen LogP contribution in [0.15, 0.2) is 24.3 Å². The monoisotopic (exact) mass is 1490 g/mol. The van der Waals surface area contributed by atoms with Crippen LogP contribution in [-0.4, -0.2) is 305 Å². The third-order valence-corrected chi connectivity index (χ3v) is 16.9. The Morgan fingerprint density at radius 3 is 1.07 bits per heavy atom. The molecule has 11 amide bonds. The zero-order valence-corrected chi connectivity index (χ0v) is 58.8. The molecule has 23 N–H and O–H groups in total. The molecule has 0 aliphatic carbocycles. The minimum absolute atomic E-state index is 0.0704. The molecule has 0 saturated carbocycles. The van der Waals surface area contributed by atoms with Crippen molar-refractivity contribution in [1.82, 2.24) is 58.5 Å². The smallest absolute Gasteiger partial charge is 0.243 e. The molecule has 1 aromatic carbocycles. The van der Waals surface area contributed by atoms with E-state index in [0.29, 0.717) is 82.6 Å². The Morgan fingerprint density at radius 1 is 0.413 bits per heavy atom. The fourth-order valence-electron chi connectivity index (χ4n) is 11.2. The lowest BCUT2D eigenvalue weighted by Crippen LogP contribution is -2.64. The molecule has 3 unspecified atom stereocenters. The first-order valence-corrected chi connectivity index (χ1v) is 34.9. The lowest BCUT2D eigenvalue weighted by atomic mass is 9.97. The van der Waals surface area contributed by atoms with Crippen LogP contribution < -0.4 is 64.2 Å². The second kappa shape index (κ2) is 47.9. The number of phenols is 1. The van der Waals surface area contributed by atoms with Crippen LogP contribution in [0.4, 0.5) is 0 Å². The highest BCUT2D eigenvalue weighted by Crippen LogP contribution is 2.26. The van der Waals surface area contributed by atoms with Crippen molar-refractivity contribution in [2.45, 2.75) is 227 Å². The maximum Gasteiger partial charge on any atom is 0.243 e. The molecular formula is C65H108N12O27. The van der Waals surface area contributed by atoms with E-state index in [1.807, 2.05) is 0 Å². The summed E-state index contributed by atoms with van der Waals surface area (Å²) in [5, 5.41) is 128. The van der Waals surface area contributed by atoms with Gasteiger partial charge in [-0.25, -0.2) is 0 Å². The minimum atomic E-state index is -1.84. The van der Waals surface area contributed by atoms with Crippen LogP contribution in [-0.2, 0) is 87.6 Å². The molecule has 18 atom stereocenters. The Morgan fingerprint density at radius 2 is 0.731 bits per heavy atom. The molecule has 0 spiro atoms. The number of amides is 11. The average Bonchev–Trinajstić information content (AvgIpc) is 0.819. The van der Waals surface area contributed by atoms with Gasteiger partial charge < -0.3 is 144 Å². The molecule has 4 rings (SSSR count). The van der Waals surface area contributed by atoms with E-state index in [4.69, 9.17) is 34.2 Å². The lowest BCUT2D eigenvalue weighted by molar-refractivity contribution is -0.270. The second-order valence-electron chi connectivity index (χ2n) is 25.5. The molecule has 1 aromatic rings. The van der Waals surface area contributed by atoms with E-state index in [0.717, 1.165) is 0 Å². The van der Waals surface area contributed by atoms with Crippen molar-refractivity contribution in [2.24, 2.45) is 5.73 Å². The molecule has 3 aliphatic rings. The van der Waals surface area contributed by atoms with Crippen molar-refractivity contribution in [3.63, 3.8) is 0 Å². The summed E-state index contributed by atoms with van der Waals surface area (Å²) >= 11 is 0. The summed E-state index contributed by atoms with van der Waals surface area (Å²) in [5.74, 6) is -8.71. The molecule has 39 heteroatoms. The molecule has 3 aliphatic heterocycles. The summed E-state index contributed by atoms with van der Waals surface area (Å²) in [4.78, 5) is 143. The number of carbonyl (C=O) groups is 11. The highest BCUT2D eigenvalue weighted by Gasteiger charge is 2.48. The van der Waals surface area contributed by atoms with Crippen LogP contribution >= 0.6 is 0 Å². The van der Waals surface area contributed by atoms with Gasteiger partial charge in [-0.2, -0.15) is 0 Å². The second-order valence-corrected chi connectivity index (χ2v) is 25.5. The van der Waals surface area contributed by atoms with Gasteiger partial charge in [0.2, 0.25) is 65.0 Å². The van der Waals surface area contributed by atoms with Gasteiger partial charge in [0.1, 0.15) is 90.9 Å². The van der Waals surface area contributed by atoms with Gasteiger partial charge >= 0.3 is 0 Å². The Kier molecular flexibility index (Phi) is 41.0. The fraction of sp³-hybridized carbons (Fsp3) is 0.738. The lowest BCUT2D eigenvalue weighted by Gasteiger charge is -2.42. The molecule has 39 nitrogen and oxygen atoms in total. The Labute approximate surface area is 601 Å². The summed E-state index contributed by atoms with van der Waals surface area (Å²) in [6.07, 6.45) is -11.3. The van der Waals surface area contributed by atoms with Crippen molar-refractivity contribution in [3.05, 3.63) is 29.8 Å². The third kappa shape index (κ3) is 32.1. The third-order valence-electron chi connectivity index (χ3n) is 16.9. The number of hydrogen-bond acceptors (Lipinski definition) is 28. The summed E-state index contributed by atoms with van der Waals surface area (Å²) < 4.78 is 33.9. The number of aliphatic hydroxyl groups excluding tert-OH is 9. The number of aromatic hydroxyl groups is 1. The van der Waals surface area contributed by atoms with E-state index in [1.54, 1.807) is 0 Å². The zero-order valence-electron chi connectivity index (χ0n) is 58.8. The van der Waals surface area contributed by atoms with E-state index in [-0.39, 0.29) is 51.6 Å². The van der Waals surface area contributed by atoms with Gasteiger partial charge in [-0.15, -0.1) is 0 Å². The predicted molar refractivity (Wildman–Crippen MR) is 360 cm³/mol. The molecule has 3 heterocycles. The molecule has 0 bridgehead atoms. The average molecular weight is 1490 g/mol. The van der Waals surface area contributed by atoms with E-state index < -0.39 is 227 Å². The van der Waals surface area contributed by atoms with Gasteiger partial charge in [-0.3, -0.25) is 52.7 Å². The minimum Gasteiger partial charge on any atom is -0.508 e. The standard InChI is InChI=1S/C65H108N12O27/c1-35(81)73-51-57(93)54(90)43(32-78)102-63(51)99-23-13-7-4-10-20-67-48(87)29-70-46(85)27-41(61(97)72-31-50(89)69-22-12-6-9-15-25-101-65-53(75-37(3)83)59(95)56(92)45(34-80)104-65)77-62(98)42(76-60(96)40(66)26-38-16-18-39(84)19-17-38)28-47(86)71-30-49(88)68-21-11-5-8-14-24-100-64-52(74-36(2)82)58(94)55(91)44(33-79)103-64/h16-19,40-45,51-59,63-65,78-80,84,90-95H,4-15,20-34,66H2,1-3H3,(H,67,87)(H,68,88)(H,69,89)(H,70,85)(H,71,86)(H,72,97)(H,73,81)(H,74,82)(H,75,83)(H,76,96)(H,77,98)/t40-,41-,42-,43-,44-,45-,51-,52-,53-,54+,55+,56+,57-,58-,59-,63?,64?,65?/m0/s1. The first-order chi connectivity index (χ1) is 49.6. The summed E-state index contributed by atoms with van der Waals surface area (Å²) in [7, 11) is 0. The van der Waals surface area contributed by atoms with E-state index in [2.05, 4.69) is 58.5 Å². The largest absolute Gasteiger partial charge is 0.508 e. The van der Waals surface area contributed by atoms with Crippen molar-refractivity contribution < 1.29 is 132 Å². The number of nitrogens with two attached hydrogens (primary N) is 1. The fourth-order valence-corrected chi connectivity index (χ4v) is 11.2. The number of aliphatic hydroxyl groups is 9. The van der Waals surface area contributed by atoms with Crippen molar-refractivity contribution >= 4 is 65.0 Å². The highest BCUT2D eigenvalue weighted by atomic mass is 16.7. The maximum absolute atomic E-state index is 14.3. The van der Waals surface area contributed by atoms with E-state index in [1.165, 1.54) is 45.0 Å². The van der Waals surface area contributed by atoms with Crippen molar-refractivity contribution in [2.75, 3.05) is 78.9 Å². The van der Waals surface area contributed by atoms with E-state index >= 15 is 0 Å². The molecule has 3 saturated heterocycles. The van der Waals surface area contributed by atoms with Crippen LogP contribution in [0, 0.1) is 0 Å². The number of carbonyl (C=O) groups excluding carboxylic acids is 11. The Hall–Kier alpha value is -7.45. The number of ether oxygens (including phenoxy) is 6. The van der Waals surface area contributed by atoms with Crippen LogP contribution in [0.25, 0.3) is 0 Å². The molecule has 0 radical (unpaired) electrons.